The van der Waals surface area contributed by atoms with Crippen LogP contribution in [0.5, 0.6) is 5.75 Å². The fourth-order valence-electron chi connectivity index (χ4n) is 2.69. The van der Waals surface area contributed by atoms with Gasteiger partial charge in [0.1, 0.15) is 5.75 Å². The molecule has 0 spiro atoms. The fourth-order valence-corrected chi connectivity index (χ4v) is 3.47. The first-order valence-electron chi connectivity index (χ1n) is 6.68. The van der Waals surface area contributed by atoms with Crippen LogP contribution in [0.1, 0.15) is 38.5 Å². The van der Waals surface area contributed by atoms with Gasteiger partial charge in [0.05, 0.1) is 6.61 Å². The number of alkyl halides is 1. The normalized spacial score (nSPS) is 18.6. The van der Waals surface area contributed by atoms with Crippen LogP contribution in [-0.2, 0) is 0 Å². The van der Waals surface area contributed by atoms with Crippen molar-refractivity contribution in [2.24, 2.45) is 5.41 Å². The van der Waals surface area contributed by atoms with Gasteiger partial charge in [-0.3, -0.25) is 0 Å². The predicted molar refractivity (Wildman–Crippen MR) is 80.5 cm³/mol. The number of hydrogen-bond acceptors (Lipinski definition) is 1. The maximum absolute atomic E-state index is 6.18. The van der Waals surface area contributed by atoms with Crippen molar-refractivity contribution >= 4 is 27.5 Å². The number of halogens is 2. The number of hydrogen-bond donors (Lipinski definition) is 0. The molecule has 0 N–H and O–H groups in total. The van der Waals surface area contributed by atoms with Crippen LogP contribution < -0.4 is 4.74 Å². The van der Waals surface area contributed by atoms with E-state index >= 15 is 0 Å². The lowest BCUT2D eigenvalue weighted by Gasteiger charge is -2.35. The van der Waals surface area contributed by atoms with Crippen molar-refractivity contribution in [3.63, 3.8) is 0 Å². The maximum atomic E-state index is 6.18. The average Bonchev–Trinajstić information content (AvgIpc) is 2.40. The Labute approximate surface area is 123 Å². The van der Waals surface area contributed by atoms with Gasteiger partial charge >= 0.3 is 0 Å². The van der Waals surface area contributed by atoms with E-state index in [2.05, 4.69) is 15.9 Å². The summed E-state index contributed by atoms with van der Waals surface area (Å²) in [5.41, 5.74) is 0.325. The molecule has 0 unspecified atom stereocenters. The average molecular weight is 332 g/mol. The second kappa shape index (κ2) is 6.81. The molecule has 0 heterocycles. The highest BCUT2D eigenvalue weighted by Crippen LogP contribution is 2.40. The molecule has 1 aromatic carbocycles. The van der Waals surface area contributed by atoms with Gasteiger partial charge in [-0.1, -0.05) is 41.3 Å². The summed E-state index contributed by atoms with van der Waals surface area (Å²) in [6, 6.07) is 8.01. The van der Waals surface area contributed by atoms with Crippen molar-refractivity contribution in [1.82, 2.24) is 0 Å². The largest absolute Gasteiger partial charge is 0.494 e. The van der Waals surface area contributed by atoms with Crippen molar-refractivity contribution in [2.45, 2.75) is 38.5 Å². The zero-order valence-electron chi connectivity index (χ0n) is 10.6. The molecule has 18 heavy (non-hydrogen) atoms. The SMILES string of the molecule is ClCC1(CCOc2cccc(Br)c2)CCCCC1. The zero-order valence-corrected chi connectivity index (χ0v) is 13.0. The number of ether oxygens (including phenoxy) is 1. The molecule has 0 amide bonds. The molecule has 1 saturated carbocycles. The van der Waals surface area contributed by atoms with Gasteiger partial charge in [-0.25, -0.2) is 0 Å². The Morgan fingerprint density at radius 1 is 1.22 bits per heavy atom. The second-order valence-corrected chi connectivity index (χ2v) is 6.43. The third-order valence-corrected chi connectivity index (χ3v) is 4.96. The minimum Gasteiger partial charge on any atom is -0.494 e. The lowest BCUT2D eigenvalue weighted by atomic mass is 9.73. The standard InChI is InChI=1S/C15H20BrClO/c16-13-5-4-6-14(11-13)18-10-9-15(12-17)7-2-1-3-8-15/h4-6,11H,1-3,7-10,12H2. The van der Waals surface area contributed by atoms with E-state index in [1.165, 1.54) is 32.1 Å². The van der Waals surface area contributed by atoms with Crippen LogP contribution in [-0.4, -0.2) is 12.5 Å². The van der Waals surface area contributed by atoms with E-state index in [0.29, 0.717) is 5.41 Å². The smallest absolute Gasteiger partial charge is 0.120 e. The molecule has 100 valence electrons. The summed E-state index contributed by atoms with van der Waals surface area (Å²) in [6.45, 7) is 0.767. The summed E-state index contributed by atoms with van der Waals surface area (Å²) in [5, 5.41) is 0. The fraction of sp³-hybridized carbons (Fsp3) is 0.600. The van der Waals surface area contributed by atoms with E-state index in [0.717, 1.165) is 29.1 Å². The number of rotatable bonds is 5. The molecule has 0 aliphatic heterocycles. The summed E-state index contributed by atoms with van der Waals surface area (Å²) in [5.74, 6) is 1.71. The molecule has 2 rings (SSSR count). The van der Waals surface area contributed by atoms with E-state index in [1.807, 2.05) is 24.3 Å². The van der Waals surface area contributed by atoms with Gasteiger partial charge in [-0.2, -0.15) is 0 Å². The van der Waals surface area contributed by atoms with Gasteiger partial charge < -0.3 is 4.74 Å². The van der Waals surface area contributed by atoms with Crippen LogP contribution in [0.2, 0.25) is 0 Å². The van der Waals surface area contributed by atoms with E-state index in [1.54, 1.807) is 0 Å². The molecule has 0 saturated heterocycles. The van der Waals surface area contributed by atoms with E-state index in [9.17, 15) is 0 Å². The summed E-state index contributed by atoms with van der Waals surface area (Å²) in [4.78, 5) is 0. The third kappa shape index (κ3) is 3.89. The van der Waals surface area contributed by atoms with Gasteiger partial charge in [0, 0.05) is 10.4 Å². The molecule has 0 radical (unpaired) electrons. The number of benzene rings is 1. The van der Waals surface area contributed by atoms with E-state index in [-0.39, 0.29) is 0 Å². The first-order valence-corrected chi connectivity index (χ1v) is 8.01. The molecule has 0 aromatic heterocycles. The first kappa shape index (κ1) is 14.2. The Kier molecular flexibility index (Phi) is 5.38. The van der Waals surface area contributed by atoms with Gasteiger partial charge in [0.25, 0.3) is 0 Å². The molecular formula is C15H20BrClO. The van der Waals surface area contributed by atoms with Gasteiger partial charge in [-0.05, 0) is 42.9 Å². The van der Waals surface area contributed by atoms with Crippen LogP contribution >= 0.6 is 27.5 Å². The molecule has 1 nitrogen and oxygen atoms in total. The minimum absolute atomic E-state index is 0.325. The molecule has 0 bridgehead atoms. The minimum atomic E-state index is 0.325. The summed E-state index contributed by atoms with van der Waals surface area (Å²) in [6.07, 6.45) is 7.61. The van der Waals surface area contributed by atoms with Crippen LogP contribution in [0.4, 0.5) is 0 Å². The Morgan fingerprint density at radius 3 is 2.67 bits per heavy atom. The van der Waals surface area contributed by atoms with Crippen LogP contribution in [0.25, 0.3) is 0 Å². The molecule has 1 aromatic rings. The predicted octanol–water partition coefficient (Wildman–Crippen LogP) is 5.41. The van der Waals surface area contributed by atoms with Gasteiger partial charge in [0.15, 0.2) is 0 Å². The van der Waals surface area contributed by atoms with E-state index < -0.39 is 0 Å². The summed E-state index contributed by atoms with van der Waals surface area (Å²) in [7, 11) is 0. The Balaban J connectivity index is 1.83. The topological polar surface area (TPSA) is 9.23 Å². The molecular weight excluding hydrogens is 312 g/mol. The lowest BCUT2D eigenvalue weighted by Crippen LogP contribution is -2.28. The molecule has 3 heteroatoms. The van der Waals surface area contributed by atoms with Crippen LogP contribution in [0.15, 0.2) is 28.7 Å². The van der Waals surface area contributed by atoms with Crippen molar-refractivity contribution in [2.75, 3.05) is 12.5 Å². The second-order valence-electron chi connectivity index (χ2n) is 5.25. The van der Waals surface area contributed by atoms with Crippen molar-refractivity contribution in [3.8, 4) is 5.75 Å². The van der Waals surface area contributed by atoms with Crippen molar-refractivity contribution < 1.29 is 4.74 Å². The van der Waals surface area contributed by atoms with Crippen molar-refractivity contribution in [3.05, 3.63) is 28.7 Å². The van der Waals surface area contributed by atoms with Crippen LogP contribution in [0.3, 0.4) is 0 Å². The highest BCUT2D eigenvalue weighted by atomic mass is 79.9. The highest BCUT2D eigenvalue weighted by molar-refractivity contribution is 9.10. The Hall–Kier alpha value is -0.210. The molecule has 1 fully saturated rings. The van der Waals surface area contributed by atoms with E-state index in [4.69, 9.17) is 16.3 Å². The lowest BCUT2D eigenvalue weighted by molar-refractivity contribution is 0.161. The Bertz CT molecular complexity index is 375. The monoisotopic (exact) mass is 330 g/mol. The summed E-state index contributed by atoms with van der Waals surface area (Å²) < 4.78 is 6.89. The zero-order chi connectivity index (χ0) is 12.8. The quantitative estimate of drug-likeness (QED) is 0.656. The van der Waals surface area contributed by atoms with Gasteiger partial charge in [0.2, 0.25) is 0 Å². The van der Waals surface area contributed by atoms with Crippen LogP contribution in [0, 0.1) is 5.41 Å². The third-order valence-electron chi connectivity index (χ3n) is 3.89. The Morgan fingerprint density at radius 2 is 2.00 bits per heavy atom. The van der Waals surface area contributed by atoms with Crippen molar-refractivity contribution in [1.29, 1.82) is 0 Å². The summed E-state index contributed by atoms with van der Waals surface area (Å²) >= 11 is 9.63. The first-order chi connectivity index (χ1) is 8.74. The maximum Gasteiger partial charge on any atom is 0.120 e. The van der Waals surface area contributed by atoms with Gasteiger partial charge in [-0.15, -0.1) is 11.6 Å². The molecule has 1 aliphatic carbocycles. The highest BCUT2D eigenvalue weighted by Gasteiger charge is 2.30. The molecule has 0 atom stereocenters. The molecule has 1 aliphatic rings.